The third kappa shape index (κ3) is 6.47. The van der Waals surface area contributed by atoms with E-state index < -0.39 is 5.41 Å². The van der Waals surface area contributed by atoms with Crippen molar-refractivity contribution < 1.29 is 9.53 Å². The largest absolute Gasteiger partial charge is 0.494 e. The smallest absolute Gasteiger partial charge is 0.235 e. The lowest BCUT2D eigenvalue weighted by molar-refractivity contribution is -0.122. The van der Waals surface area contributed by atoms with Gasteiger partial charge in [0.15, 0.2) is 0 Å². The molecule has 1 N–H and O–H groups in total. The van der Waals surface area contributed by atoms with E-state index in [1.165, 1.54) is 38.8 Å². The maximum absolute atomic E-state index is 13.6. The van der Waals surface area contributed by atoms with Gasteiger partial charge in [0, 0.05) is 22.3 Å². The van der Waals surface area contributed by atoms with E-state index in [9.17, 15) is 4.79 Å². The molecule has 0 aromatic heterocycles. The van der Waals surface area contributed by atoms with Crippen molar-refractivity contribution in [2.75, 3.05) is 31.6 Å². The van der Waals surface area contributed by atoms with E-state index >= 15 is 0 Å². The minimum atomic E-state index is -0.623. The number of hydrogen-bond acceptors (Lipinski definition) is 3. The summed E-state index contributed by atoms with van der Waals surface area (Å²) in [6.07, 6.45) is 11.1. The Balaban J connectivity index is 1.33. The molecule has 184 valence electrons. The Bertz CT molecular complexity index is 934. The second-order valence-electron chi connectivity index (χ2n) is 9.70. The number of carbonyl (C=O) groups excluding carboxylic acids is 1. The third-order valence-electron chi connectivity index (χ3n) is 7.29. The normalized spacial score (nSPS) is 18.8. The molecule has 0 radical (unpaired) electrons. The van der Waals surface area contributed by atoms with Crippen molar-refractivity contribution >= 4 is 34.8 Å². The van der Waals surface area contributed by atoms with Crippen LogP contribution in [-0.2, 0) is 10.2 Å². The van der Waals surface area contributed by atoms with Crippen molar-refractivity contribution in [2.24, 2.45) is 0 Å². The Hall–Kier alpha value is -1.75. The summed E-state index contributed by atoms with van der Waals surface area (Å²) in [5.74, 6) is 0.838. The van der Waals surface area contributed by atoms with Gasteiger partial charge in [-0.25, -0.2) is 0 Å². The number of carbonyl (C=O) groups is 1. The fraction of sp³-hybridized carbons (Fsp3) is 0.536. The first-order valence-electron chi connectivity index (χ1n) is 12.8. The highest BCUT2D eigenvalue weighted by molar-refractivity contribution is 6.35. The molecular weight excluding hydrogens is 467 g/mol. The van der Waals surface area contributed by atoms with Gasteiger partial charge in [-0.15, -0.1) is 0 Å². The highest BCUT2D eigenvalue weighted by Gasteiger charge is 2.42. The number of amides is 1. The number of likely N-dealkylation sites (tertiary alicyclic amines) is 1. The molecule has 0 spiro atoms. The molecule has 34 heavy (non-hydrogen) atoms. The quantitative estimate of drug-likeness (QED) is 0.380. The van der Waals surface area contributed by atoms with Crippen LogP contribution in [0, 0.1) is 0 Å². The summed E-state index contributed by atoms with van der Waals surface area (Å²) in [6.45, 7) is 4.25. The van der Waals surface area contributed by atoms with Crippen LogP contribution in [0.3, 0.4) is 0 Å². The van der Waals surface area contributed by atoms with Gasteiger partial charge in [-0.3, -0.25) is 4.79 Å². The maximum atomic E-state index is 13.6. The molecule has 1 aliphatic carbocycles. The van der Waals surface area contributed by atoms with Gasteiger partial charge in [-0.2, -0.15) is 0 Å². The molecule has 1 aliphatic heterocycles. The molecule has 2 aromatic rings. The zero-order valence-corrected chi connectivity index (χ0v) is 21.5. The first-order chi connectivity index (χ1) is 16.6. The molecule has 4 rings (SSSR count). The topological polar surface area (TPSA) is 41.6 Å². The van der Waals surface area contributed by atoms with E-state index in [0.717, 1.165) is 62.1 Å². The van der Waals surface area contributed by atoms with E-state index in [0.29, 0.717) is 16.7 Å². The zero-order valence-electron chi connectivity index (χ0n) is 20.0. The second kappa shape index (κ2) is 12.3. The lowest BCUT2D eigenvalue weighted by Crippen LogP contribution is -2.42. The van der Waals surface area contributed by atoms with Crippen molar-refractivity contribution in [3.8, 4) is 5.75 Å². The zero-order chi connectivity index (χ0) is 23.8. The van der Waals surface area contributed by atoms with Gasteiger partial charge < -0.3 is 15.0 Å². The van der Waals surface area contributed by atoms with Crippen LogP contribution in [0.1, 0.15) is 69.8 Å². The van der Waals surface area contributed by atoms with Gasteiger partial charge in [-0.1, -0.05) is 61.4 Å². The number of nitrogens with one attached hydrogen (secondary N) is 1. The third-order valence-corrected chi connectivity index (χ3v) is 7.83. The predicted molar refractivity (Wildman–Crippen MR) is 141 cm³/mol. The number of anilines is 1. The van der Waals surface area contributed by atoms with Crippen molar-refractivity contribution in [3.63, 3.8) is 0 Å². The first kappa shape index (κ1) is 25.3. The van der Waals surface area contributed by atoms with Crippen molar-refractivity contribution in [1.29, 1.82) is 0 Å². The van der Waals surface area contributed by atoms with Gasteiger partial charge in [0.05, 0.1) is 12.0 Å². The lowest BCUT2D eigenvalue weighted by Gasteiger charge is -2.37. The average molecular weight is 504 g/mol. The van der Waals surface area contributed by atoms with Crippen molar-refractivity contribution in [3.05, 3.63) is 58.1 Å². The van der Waals surface area contributed by atoms with Crippen LogP contribution in [0.4, 0.5) is 5.69 Å². The van der Waals surface area contributed by atoms with Crippen LogP contribution >= 0.6 is 23.2 Å². The molecule has 6 heteroatoms. The van der Waals surface area contributed by atoms with E-state index in [1.807, 2.05) is 36.4 Å². The van der Waals surface area contributed by atoms with Crippen molar-refractivity contribution in [1.82, 2.24) is 4.90 Å². The summed E-state index contributed by atoms with van der Waals surface area (Å²) < 4.78 is 5.95. The molecule has 0 atom stereocenters. The first-order valence-corrected chi connectivity index (χ1v) is 13.5. The molecule has 1 amide bonds. The SMILES string of the molecule is O=C(Nc1ccc(OCCCN2CCCCCC2)cc1)C1(c2ccc(Cl)cc2Cl)CCCCC1. The van der Waals surface area contributed by atoms with E-state index in [4.69, 9.17) is 27.9 Å². The van der Waals surface area contributed by atoms with Gasteiger partial charge in [0.1, 0.15) is 5.75 Å². The molecule has 1 saturated carbocycles. The Labute approximate surface area is 214 Å². The Morgan fingerprint density at radius 2 is 1.59 bits per heavy atom. The highest BCUT2D eigenvalue weighted by atomic mass is 35.5. The monoisotopic (exact) mass is 502 g/mol. The minimum absolute atomic E-state index is 0.00235. The number of hydrogen-bond donors (Lipinski definition) is 1. The number of nitrogens with zero attached hydrogens (tertiary/aromatic N) is 1. The number of rotatable bonds is 8. The van der Waals surface area contributed by atoms with Crippen LogP contribution in [0.2, 0.25) is 10.0 Å². The Kier molecular flexibility index (Phi) is 9.16. The summed E-state index contributed by atoms with van der Waals surface area (Å²) in [7, 11) is 0. The second-order valence-corrected chi connectivity index (χ2v) is 10.5. The molecule has 2 aromatic carbocycles. The van der Waals surface area contributed by atoms with Gasteiger partial charge >= 0.3 is 0 Å². The molecule has 1 heterocycles. The molecular formula is C28H36Cl2N2O2. The summed E-state index contributed by atoms with van der Waals surface area (Å²) in [6, 6.07) is 13.2. The van der Waals surface area contributed by atoms with Crippen LogP contribution < -0.4 is 10.1 Å². The standard InChI is InChI=1S/C28H36Cl2N2O2/c29-22-9-14-25(26(30)21-22)28(15-4-3-5-16-28)27(33)31-23-10-12-24(13-11-23)34-20-8-19-32-17-6-1-2-7-18-32/h9-14,21H,1-8,15-20H2,(H,31,33). The van der Waals surface area contributed by atoms with E-state index in [-0.39, 0.29) is 5.91 Å². The number of halogens is 2. The lowest BCUT2D eigenvalue weighted by atomic mass is 9.68. The summed E-state index contributed by atoms with van der Waals surface area (Å²) in [5.41, 5.74) is 1.03. The molecule has 2 fully saturated rings. The van der Waals surface area contributed by atoms with Crippen LogP contribution in [0.15, 0.2) is 42.5 Å². The molecule has 0 bridgehead atoms. The Morgan fingerprint density at radius 1 is 0.912 bits per heavy atom. The van der Waals surface area contributed by atoms with Crippen LogP contribution in [0.25, 0.3) is 0 Å². The van der Waals surface area contributed by atoms with Gasteiger partial charge in [-0.05, 0) is 87.2 Å². The predicted octanol–water partition coefficient (Wildman–Crippen LogP) is 7.48. The summed E-state index contributed by atoms with van der Waals surface area (Å²) in [4.78, 5) is 16.1. The van der Waals surface area contributed by atoms with Gasteiger partial charge in [0.25, 0.3) is 0 Å². The van der Waals surface area contributed by atoms with Crippen LogP contribution in [0.5, 0.6) is 5.75 Å². The fourth-order valence-corrected chi connectivity index (χ4v) is 5.96. The Morgan fingerprint density at radius 3 is 2.26 bits per heavy atom. The van der Waals surface area contributed by atoms with Gasteiger partial charge in [0.2, 0.25) is 5.91 Å². The molecule has 2 aliphatic rings. The summed E-state index contributed by atoms with van der Waals surface area (Å²) in [5, 5.41) is 4.29. The minimum Gasteiger partial charge on any atom is -0.494 e. The molecule has 0 unspecified atom stereocenters. The van der Waals surface area contributed by atoms with E-state index in [1.54, 1.807) is 6.07 Å². The average Bonchev–Trinajstić information content (AvgIpc) is 3.12. The maximum Gasteiger partial charge on any atom is 0.235 e. The van der Waals surface area contributed by atoms with Crippen molar-refractivity contribution in [2.45, 2.75) is 69.6 Å². The number of benzene rings is 2. The summed E-state index contributed by atoms with van der Waals surface area (Å²) >= 11 is 12.7. The van der Waals surface area contributed by atoms with Crippen LogP contribution in [-0.4, -0.2) is 37.0 Å². The fourth-order valence-electron chi connectivity index (χ4n) is 5.37. The van der Waals surface area contributed by atoms with E-state index in [2.05, 4.69) is 10.2 Å². The number of ether oxygens (including phenoxy) is 1. The highest BCUT2D eigenvalue weighted by Crippen LogP contribution is 2.44. The molecule has 4 nitrogen and oxygen atoms in total. The molecule has 1 saturated heterocycles.